The molecule has 1 saturated carbocycles. The van der Waals surface area contributed by atoms with Crippen LogP contribution in [0.15, 0.2) is 0 Å². The maximum absolute atomic E-state index is 10.7. The summed E-state index contributed by atoms with van der Waals surface area (Å²) in [5.41, 5.74) is 4.23. The van der Waals surface area contributed by atoms with Gasteiger partial charge in [0.2, 0.25) is 5.91 Å². The molecule has 58 valence electrons. The van der Waals surface area contributed by atoms with Crippen molar-refractivity contribution in [2.75, 3.05) is 0 Å². The van der Waals surface area contributed by atoms with Crippen LogP contribution in [0.4, 0.5) is 0 Å². The van der Waals surface area contributed by atoms with E-state index in [1.165, 1.54) is 0 Å². The van der Waals surface area contributed by atoms with E-state index in [-0.39, 0.29) is 11.8 Å². The van der Waals surface area contributed by atoms with Gasteiger partial charge in [0.1, 0.15) is 0 Å². The summed E-state index contributed by atoms with van der Waals surface area (Å²) in [6, 6.07) is 0. The molecule has 3 heteroatoms. The fraction of sp³-hybridized carbons (Fsp3) is 0.857. The maximum atomic E-state index is 10.7. The summed E-state index contributed by atoms with van der Waals surface area (Å²) in [7, 11) is 0. The number of rotatable bonds is 1. The summed E-state index contributed by atoms with van der Waals surface area (Å²) in [5, 5.41) is 9.52. The van der Waals surface area contributed by atoms with Crippen molar-refractivity contribution in [1.29, 1.82) is 0 Å². The molecule has 0 bridgehead atoms. The predicted octanol–water partition coefficient (Wildman–Crippen LogP) is 0.0228. The van der Waals surface area contributed by atoms with E-state index in [9.17, 15) is 9.90 Å². The van der Waals surface area contributed by atoms with Crippen molar-refractivity contribution in [3.8, 4) is 0 Å². The molecule has 1 rings (SSSR count). The minimum Gasteiger partial charge on any atom is -0.389 e. The highest BCUT2D eigenvalue weighted by Gasteiger charge is 2.40. The van der Waals surface area contributed by atoms with E-state index in [4.69, 9.17) is 5.73 Å². The molecule has 0 spiro atoms. The molecule has 1 fully saturated rings. The SMILES string of the molecule is C[C@]1(O)CCC[C@H]1C(N)=O. The smallest absolute Gasteiger partial charge is 0.223 e. The average molecular weight is 143 g/mol. The van der Waals surface area contributed by atoms with E-state index in [1.54, 1.807) is 6.92 Å². The minimum absolute atomic E-state index is 0.326. The second-order valence-electron chi connectivity index (χ2n) is 3.20. The third kappa shape index (κ3) is 1.14. The molecule has 2 atom stereocenters. The Morgan fingerprint density at radius 2 is 2.40 bits per heavy atom. The molecule has 0 radical (unpaired) electrons. The van der Waals surface area contributed by atoms with Crippen molar-refractivity contribution < 1.29 is 9.90 Å². The number of carbonyl (C=O) groups excluding carboxylic acids is 1. The van der Waals surface area contributed by atoms with Gasteiger partial charge in [-0.05, 0) is 26.2 Å². The van der Waals surface area contributed by atoms with Gasteiger partial charge < -0.3 is 10.8 Å². The maximum Gasteiger partial charge on any atom is 0.223 e. The van der Waals surface area contributed by atoms with Crippen molar-refractivity contribution in [2.45, 2.75) is 31.8 Å². The van der Waals surface area contributed by atoms with E-state index >= 15 is 0 Å². The number of hydrogen-bond acceptors (Lipinski definition) is 2. The van der Waals surface area contributed by atoms with Crippen molar-refractivity contribution in [1.82, 2.24) is 0 Å². The first-order chi connectivity index (χ1) is 4.54. The highest BCUT2D eigenvalue weighted by molar-refractivity contribution is 5.78. The van der Waals surface area contributed by atoms with Gasteiger partial charge in [0.25, 0.3) is 0 Å². The van der Waals surface area contributed by atoms with Crippen molar-refractivity contribution in [2.24, 2.45) is 11.7 Å². The first kappa shape index (κ1) is 7.54. The lowest BCUT2D eigenvalue weighted by Gasteiger charge is -2.22. The number of nitrogens with two attached hydrogens (primary N) is 1. The van der Waals surface area contributed by atoms with Gasteiger partial charge in [0.05, 0.1) is 11.5 Å². The van der Waals surface area contributed by atoms with Crippen molar-refractivity contribution in [3.63, 3.8) is 0 Å². The van der Waals surface area contributed by atoms with Gasteiger partial charge in [-0.1, -0.05) is 0 Å². The standard InChI is InChI=1S/C7H13NO2/c1-7(10)4-2-3-5(7)6(8)9/h5,10H,2-4H2,1H3,(H2,8,9)/t5-,7-/m0/s1. The van der Waals surface area contributed by atoms with E-state index in [2.05, 4.69) is 0 Å². The van der Waals surface area contributed by atoms with Crippen molar-refractivity contribution in [3.05, 3.63) is 0 Å². The van der Waals surface area contributed by atoms with Gasteiger partial charge in [-0.15, -0.1) is 0 Å². The summed E-state index contributed by atoms with van der Waals surface area (Å²) in [4.78, 5) is 10.7. The molecule has 3 nitrogen and oxygen atoms in total. The Hall–Kier alpha value is -0.570. The zero-order chi connectivity index (χ0) is 7.78. The Bertz CT molecular complexity index is 154. The van der Waals surface area contributed by atoms with E-state index < -0.39 is 5.60 Å². The fourth-order valence-corrected chi connectivity index (χ4v) is 1.60. The third-order valence-corrected chi connectivity index (χ3v) is 2.27. The topological polar surface area (TPSA) is 63.3 Å². The number of amides is 1. The van der Waals surface area contributed by atoms with Crippen LogP contribution in [-0.2, 0) is 4.79 Å². The van der Waals surface area contributed by atoms with Crippen LogP contribution < -0.4 is 5.73 Å². The first-order valence-corrected chi connectivity index (χ1v) is 3.56. The molecule has 1 aliphatic carbocycles. The zero-order valence-corrected chi connectivity index (χ0v) is 6.13. The Morgan fingerprint density at radius 3 is 2.60 bits per heavy atom. The van der Waals surface area contributed by atoms with Crippen molar-refractivity contribution >= 4 is 5.91 Å². The molecular formula is C7H13NO2. The number of carbonyl (C=O) groups is 1. The summed E-state index contributed by atoms with van der Waals surface area (Å²) >= 11 is 0. The van der Waals surface area contributed by atoms with E-state index in [1.807, 2.05) is 0 Å². The van der Waals surface area contributed by atoms with Gasteiger partial charge in [-0.2, -0.15) is 0 Å². The Balaban J connectivity index is 2.68. The second-order valence-corrected chi connectivity index (χ2v) is 3.20. The van der Waals surface area contributed by atoms with Gasteiger partial charge in [-0.25, -0.2) is 0 Å². The average Bonchev–Trinajstić information content (AvgIpc) is 2.08. The van der Waals surface area contributed by atoms with Gasteiger partial charge in [-0.3, -0.25) is 4.79 Å². The van der Waals surface area contributed by atoms with E-state index in [0.29, 0.717) is 6.42 Å². The van der Waals surface area contributed by atoms with Crippen LogP contribution in [0, 0.1) is 5.92 Å². The quantitative estimate of drug-likeness (QED) is 0.543. The molecule has 1 aliphatic rings. The summed E-state index contributed by atoms with van der Waals surface area (Å²) < 4.78 is 0. The second kappa shape index (κ2) is 2.23. The molecule has 1 amide bonds. The molecule has 0 aromatic rings. The molecule has 10 heavy (non-hydrogen) atoms. The lowest BCUT2D eigenvalue weighted by molar-refractivity contribution is -0.128. The monoisotopic (exact) mass is 143 g/mol. The number of primary amides is 1. The molecule has 0 aliphatic heterocycles. The van der Waals surface area contributed by atoms with Crippen LogP contribution in [-0.4, -0.2) is 16.6 Å². The highest BCUT2D eigenvalue weighted by Crippen LogP contribution is 2.34. The molecule has 0 saturated heterocycles. The molecule has 0 aromatic heterocycles. The normalized spacial score (nSPS) is 40.0. The molecule has 3 N–H and O–H groups in total. The minimum atomic E-state index is -0.841. The van der Waals surface area contributed by atoms with Crippen LogP contribution >= 0.6 is 0 Å². The largest absolute Gasteiger partial charge is 0.389 e. The lowest BCUT2D eigenvalue weighted by atomic mass is 9.93. The molecule has 0 unspecified atom stereocenters. The van der Waals surface area contributed by atoms with Gasteiger partial charge in [0, 0.05) is 0 Å². The Morgan fingerprint density at radius 1 is 1.80 bits per heavy atom. The molecular weight excluding hydrogens is 130 g/mol. The highest BCUT2D eigenvalue weighted by atomic mass is 16.3. The molecule has 0 aromatic carbocycles. The van der Waals surface area contributed by atoms with E-state index in [0.717, 1.165) is 12.8 Å². The Kier molecular flexibility index (Phi) is 1.68. The number of hydrogen-bond donors (Lipinski definition) is 2. The van der Waals surface area contributed by atoms with Crippen LogP contribution in [0.25, 0.3) is 0 Å². The van der Waals surface area contributed by atoms with Gasteiger partial charge >= 0.3 is 0 Å². The summed E-state index contributed by atoms with van der Waals surface area (Å²) in [5.74, 6) is -0.699. The predicted molar refractivity (Wildman–Crippen MR) is 37.2 cm³/mol. The third-order valence-electron chi connectivity index (χ3n) is 2.27. The van der Waals surface area contributed by atoms with Crippen LogP contribution in [0.1, 0.15) is 26.2 Å². The van der Waals surface area contributed by atoms with Crippen LogP contribution in [0.3, 0.4) is 0 Å². The lowest BCUT2D eigenvalue weighted by Crippen LogP contribution is -2.38. The summed E-state index contributed by atoms with van der Waals surface area (Å²) in [6.45, 7) is 1.68. The number of aliphatic hydroxyl groups is 1. The summed E-state index contributed by atoms with van der Waals surface area (Å²) in [6.07, 6.45) is 2.34. The van der Waals surface area contributed by atoms with Gasteiger partial charge in [0.15, 0.2) is 0 Å². The fourth-order valence-electron chi connectivity index (χ4n) is 1.60. The van der Waals surface area contributed by atoms with Crippen LogP contribution in [0.5, 0.6) is 0 Å². The first-order valence-electron chi connectivity index (χ1n) is 3.56. The molecule has 0 heterocycles. The zero-order valence-electron chi connectivity index (χ0n) is 6.13. The van der Waals surface area contributed by atoms with Crippen LogP contribution in [0.2, 0.25) is 0 Å². The Labute approximate surface area is 60.2 Å².